The SMILES string of the molecule is CCCCCCCCC(C)(F)OCCC[Si](Cl)(Cl)Cl. The topological polar surface area (TPSA) is 9.23 Å². The molecule has 0 heterocycles. The lowest BCUT2D eigenvalue weighted by atomic mass is 10.1. The molecular formula is C13H26Cl3FOSi. The highest BCUT2D eigenvalue weighted by atomic mass is 35.8. The molecule has 6 heteroatoms. The van der Waals surface area contributed by atoms with Crippen LogP contribution < -0.4 is 0 Å². The first kappa shape index (κ1) is 20.0. The average molecular weight is 352 g/mol. The monoisotopic (exact) mass is 350 g/mol. The Kier molecular flexibility index (Phi) is 11.2. The van der Waals surface area contributed by atoms with Crippen molar-refractivity contribution in [1.82, 2.24) is 0 Å². The molecule has 0 radical (unpaired) electrons. The van der Waals surface area contributed by atoms with Crippen molar-refractivity contribution in [2.24, 2.45) is 0 Å². The second kappa shape index (κ2) is 10.7. The van der Waals surface area contributed by atoms with Crippen molar-refractivity contribution in [2.45, 2.75) is 77.1 Å². The van der Waals surface area contributed by atoms with Gasteiger partial charge in [0.25, 0.3) is 0 Å². The highest BCUT2D eigenvalue weighted by Crippen LogP contribution is 2.27. The van der Waals surface area contributed by atoms with Gasteiger partial charge in [-0.1, -0.05) is 39.0 Å². The predicted octanol–water partition coefficient (Wildman–Crippen LogP) is 6.48. The maximum absolute atomic E-state index is 14.0. The Labute approximate surface area is 132 Å². The zero-order chi connectivity index (χ0) is 14.8. The number of alkyl halides is 1. The second-order valence-corrected chi connectivity index (χ2v) is 14.5. The standard InChI is InChI=1S/C13H26Cl3FOSi/c1-3-4-5-6-7-8-10-13(2,17)18-11-9-12-19(14,15)16/h3-12H2,1-2H3. The molecule has 0 spiro atoms. The van der Waals surface area contributed by atoms with Crippen LogP contribution in [0, 0.1) is 0 Å². The van der Waals surface area contributed by atoms with Crippen molar-refractivity contribution in [3.63, 3.8) is 0 Å². The highest BCUT2D eigenvalue weighted by Gasteiger charge is 2.26. The molecule has 0 rings (SSSR count). The van der Waals surface area contributed by atoms with Crippen LogP contribution in [-0.4, -0.2) is 18.5 Å². The van der Waals surface area contributed by atoms with Gasteiger partial charge in [-0.25, -0.2) is 4.39 Å². The van der Waals surface area contributed by atoms with E-state index in [9.17, 15) is 4.39 Å². The second-order valence-electron chi connectivity index (χ2n) is 5.19. The van der Waals surface area contributed by atoms with Gasteiger partial charge in [0.2, 0.25) is 5.85 Å². The van der Waals surface area contributed by atoms with Crippen LogP contribution in [0.15, 0.2) is 0 Å². The van der Waals surface area contributed by atoms with Crippen molar-refractivity contribution >= 4 is 39.2 Å². The van der Waals surface area contributed by atoms with Crippen LogP contribution in [-0.2, 0) is 4.74 Å². The normalized spacial score (nSPS) is 15.5. The van der Waals surface area contributed by atoms with E-state index in [0.29, 0.717) is 25.5 Å². The van der Waals surface area contributed by atoms with E-state index in [2.05, 4.69) is 6.92 Å². The highest BCUT2D eigenvalue weighted by molar-refractivity contribution is 7.64. The first-order valence-electron chi connectivity index (χ1n) is 7.16. The first-order valence-corrected chi connectivity index (χ1v) is 12.4. The Morgan fingerprint density at radius 2 is 1.58 bits per heavy atom. The summed E-state index contributed by atoms with van der Waals surface area (Å²) in [5, 5.41) is 0. The van der Waals surface area contributed by atoms with Crippen LogP contribution in [0.3, 0.4) is 0 Å². The van der Waals surface area contributed by atoms with Crippen LogP contribution in [0.5, 0.6) is 0 Å². The van der Waals surface area contributed by atoms with E-state index in [4.69, 9.17) is 38.0 Å². The summed E-state index contributed by atoms with van der Waals surface area (Å²) in [7, 11) is 0. The summed E-state index contributed by atoms with van der Waals surface area (Å²) < 4.78 is 19.2. The molecule has 19 heavy (non-hydrogen) atoms. The van der Waals surface area contributed by atoms with Gasteiger partial charge < -0.3 is 4.74 Å². The van der Waals surface area contributed by atoms with Crippen molar-refractivity contribution in [2.75, 3.05) is 6.61 Å². The number of ether oxygens (including phenoxy) is 1. The van der Waals surface area contributed by atoms with Gasteiger partial charge in [-0.05, 0) is 25.8 Å². The van der Waals surface area contributed by atoms with Crippen molar-refractivity contribution in [3.8, 4) is 0 Å². The lowest BCUT2D eigenvalue weighted by Crippen LogP contribution is -2.23. The largest absolute Gasteiger partial charge is 0.346 e. The van der Waals surface area contributed by atoms with E-state index in [1.54, 1.807) is 0 Å². The number of hydrogen-bond acceptors (Lipinski definition) is 1. The van der Waals surface area contributed by atoms with Crippen LogP contribution in [0.1, 0.15) is 65.2 Å². The molecule has 0 saturated heterocycles. The van der Waals surface area contributed by atoms with Gasteiger partial charge in [0.15, 0.2) is 0 Å². The minimum atomic E-state index is -2.58. The van der Waals surface area contributed by atoms with Crippen molar-refractivity contribution in [1.29, 1.82) is 0 Å². The van der Waals surface area contributed by atoms with Crippen molar-refractivity contribution < 1.29 is 9.13 Å². The lowest BCUT2D eigenvalue weighted by molar-refractivity contribution is -0.136. The molecule has 0 N–H and O–H groups in total. The van der Waals surface area contributed by atoms with E-state index in [0.717, 1.165) is 12.8 Å². The Hall–Kier alpha value is 0.977. The van der Waals surface area contributed by atoms with Gasteiger partial charge in [0.1, 0.15) is 0 Å². The fourth-order valence-corrected chi connectivity index (χ4v) is 3.60. The number of hydrogen-bond donors (Lipinski definition) is 0. The molecule has 0 aliphatic carbocycles. The van der Waals surface area contributed by atoms with Crippen LogP contribution in [0.25, 0.3) is 0 Å². The van der Waals surface area contributed by atoms with E-state index in [-0.39, 0.29) is 0 Å². The summed E-state index contributed by atoms with van der Waals surface area (Å²) in [5.74, 6) is -1.54. The predicted molar refractivity (Wildman–Crippen MR) is 86.2 cm³/mol. The lowest BCUT2D eigenvalue weighted by Gasteiger charge is -2.21. The number of halogens is 4. The Morgan fingerprint density at radius 3 is 2.16 bits per heavy atom. The molecule has 0 aliphatic heterocycles. The average Bonchev–Trinajstić information content (AvgIpc) is 2.28. The molecule has 1 nitrogen and oxygen atoms in total. The van der Waals surface area contributed by atoms with Gasteiger partial charge >= 0.3 is 6.00 Å². The smallest absolute Gasteiger partial charge is 0.341 e. The van der Waals surface area contributed by atoms with Crippen LogP contribution in [0.2, 0.25) is 6.04 Å². The van der Waals surface area contributed by atoms with Gasteiger partial charge in [-0.2, -0.15) is 0 Å². The molecule has 0 aliphatic rings. The zero-order valence-electron chi connectivity index (χ0n) is 12.0. The van der Waals surface area contributed by atoms with E-state index < -0.39 is 11.9 Å². The molecule has 0 saturated carbocycles. The molecule has 0 amide bonds. The summed E-state index contributed by atoms with van der Waals surface area (Å²) in [6.45, 7) is 4.00. The fourth-order valence-electron chi connectivity index (χ4n) is 1.85. The molecule has 0 fully saturated rings. The van der Waals surface area contributed by atoms with Crippen molar-refractivity contribution in [3.05, 3.63) is 0 Å². The van der Waals surface area contributed by atoms with Crippen LogP contribution >= 0.6 is 33.2 Å². The fraction of sp³-hybridized carbons (Fsp3) is 1.00. The third-order valence-corrected chi connectivity index (χ3v) is 5.61. The number of unbranched alkanes of at least 4 members (excludes halogenated alkanes) is 5. The van der Waals surface area contributed by atoms with E-state index >= 15 is 0 Å². The molecule has 1 unspecified atom stereocenters. The first-order chi connectivity index (χ1) is 8.77. The molecule has 0 aromatic carbocycles. The maximum atomic E-state index is 14.0. The van der Waals surface area contributed by atoms with Gasteiger partial charge in [0, 0.05) is 6.42 Å². The Balaban J connectivity index is 3.52. The summed E-state index contributed by atoms with van der Waals surface area (Å²) >= 11 is 17.2. The zero-order valence-corrected chi connectivity index (χ0v) is 15.3. The number of rotatable bonds is 12. The molecule has 0 aromatic rings. The molecule has 116 valence electrons. The van der Waals surface area contributed by atoms with Crippen LogP contribution in [0.4, 0.5) is 4.39 Å². The maximum Gasteiger partial charge on any atom is 0.341 e. The quantitative estimate of drug-likeness (QED) is 0.222. The van der Waals surface area contributed by atoms with Gasteiger partial charge in [-0.15, -0.1) is 33.2 Å². The molecule has 1 atom stereocenters. The third kappa shape index (κ3) is 15.2. The Bertz CT molecular complexity index is 222. The summed E-state index contributed by atoms with van der Waals surface area (Å²) in [5.41, 5.74) is 0. The summed E-state index contributed by atoms with van der Waals surface area (Å²) in [4.78, 5) is 0. The van der Waals surface area contributed by atoms with Gasteiger partial charge in [0.05, 0.1) is 6.61 Å². The van der Waals surface area contributed by atoms with E-state index in [1.165, 1.54) is 32.6 Å². The summed E-state index contributed by atoms with van der Waals surface area (Å²) in [6.07, 6.45) is 7.93. The summed E-state index contributed by atoms with van der Waals surface area (Å²) in [6, 6.07) is -2.06. The molecular weight excluding hydrogens is 326 g/mol. The molecule has 0 bridgehead atoms. The minimum Gasteiger partial charge on any atom is -0.346 e. The van der Waals surface area contributed by atoms with Gasteiger partial charge in [-0.3, -0.25) is 0 Å². The minimum absolute atomic E-state index is 0.323. The Morgan fingerprint density at radius 1 is 1.00 bits per heavy atom. The van der Waals surface area contributed by atoms with E-state index in [1.807, 2.05) is 0 Å². The third-order valence-electron chi connectivity index (χ3n) is 2.98. The molecule has 0 aromatic heterocycles.